The van der Waals surface area contributed by atoms with E-state index in [2.05, 4.69) is 10.6 Å². The second-order valence-corrected chi connectivity index (χ2v) is 6.84. The molecule has 3 amide bonds. The Hall–Kier alpha value is -2.51. The molecule has 0 unspecified atom stereocenters. The van der Waals surface area contributed by atoms with Crippen LogP contribution in [0.1, 0.15) is 44.5 Å². The number of hydrogen-bond acceptors (Lipinski definition) is 3. The van der Waals surface area contributed by atoms with Crippen molar-refractivity contribution in [2.75, 3.05) is 19.6 Å². The van der Waals surface area contributed by atoms with Crippen molar-refractivity contribution in [1.29, 1.82) is 0 Å². The summed E-state index contributed by atoms with van der Waals surface area (Å²) in [7, 11) is 0. The van der Waals surface area contributed by atoms with Gasteiger partial charge in [-0.2, -0.15) is 0 Å². The Balaban J connectivity index is 2.51. The lowest BCUT2D eigenvalue weighted by atomic mass is 10.1. The van der Waals surface area contributed by atoms with Gasteiger partial charge in [-0.15, -0.1) is 0 Å². The summed E-state index contributed by atoms with van der Waals surface area (Å²) in [6.07, 6.45) is -0.0365. The number of carbonyl (C=O) groups is 3. The molecular weight excluding hydrogens is 344 g/mol. The Morgan fingerprint density at radius 3 is 2.35 bits per heavy atom. The minimum atomic E-state index is -0.970. The largest absolute Gasteiger partial charge is 0.351 e. The van der Waals surface area contributed by atoms with Crippen molar-refractivity contribution in [1.82, 2.24) is 15.5 Å². The van der Waals surface area contributed by atoms with E-state index >= 15 is 0 Å². The average molecular weight is 369 g/mol. The number of carbonyl (C=O) groups excluding carboxylic acids is 3. The van der Waals surface area contributed by atoms with Crippen LogP contribution >= 0.6 is 0 Å². The summed E-state index contributed by atoms with van der Waals surface area (Å²) in [5.74, 6) is -3.06. The molecule has 8 heteroatoms. The molecule has 0 bridgehead atoms. The molecule has 0 fully saturated rings. The van der Waals surface area contributed by atoms with Crippen molar-refractivity contribution >= 4 is 17.7 Å². The van der Waals surface area contributed by atoms with Gasteiger partial charge in [0.25, 0.3) is 5.91 Å². The third-order valence-electron chi connectivity index (χ3n) is 3.38. The first-order chi connectivity index (χ1) is 12.0. The van der Waals surface area contributed by atoms with Crippen molar-refractivity contribution in [3.8, 4) is 0 Å². The molecule has 0 heterocycles. The predicted octanol–water partition coefficient (Wildman–Crippen LogP) is 1.85. The Morgan fingerprint density at radius 2 is 1.81 bits per heavy atom. The van der Waals surface area contributed by atoms with Gasteiger partial charge in [-0.05, 0) is 39.8 Å². The third-order valence-corrected chi connectivity index (χ3v) is 3.38. The number of nitrogens with zero attached hydrogens (tertiary/aromatic N) is 1. The Labute approximate surface area is 151 Å². The lowest BCUT2D eigenvalue weighted by Crippen LogP contribution is -2.47. The van der Waals surface area contributed by atoms with Gasteiger partial charge in [0.05, 0.1) is 12.1 Å². The molecular formula is C18H25F2N3O3. The van der Waals surface area contributed by atoms with E-state index < -0.39 is 23.1 Å². The molecule has 0 saturated heterocycles. The number of likely N-dealkylation sites (N-methyl/N-ethyl adjacent to an activating group) is 1. The monoisotopic (exact) mass is 369 g/mol. The van der Waals surface area contributed by atoms with Gasteiger partial charge in [-0.3, -0.25) is 14.4 Å². The highest BCUT2D eigenvalue weighted by atomic mass is 19.1. The fourth-order valence-corrected chi connectivity index (χ4v) is 2.22. The number of rotatable bonds is 7. The van der Waals surface area contributed by atoms with E-state index in [0.717, 1.165) is 12.1 Å². The van der Waals surface area contributed by atoms with Gasteiger partial charge in [0.2, 0.25) is 11.8 Å². The molecule has 1 aromatic rings. The Bertz CT molecular complexity index is 672. The molecule has 0 saturated carbocycles. The van der Waals surface area contributed by atoms with Gasteiger partial charge in [0.15, 0.2) is 0 Å². The van der Waals surface area contributed by atoms with Crippen molar-refractivity contribution in [3.05, 3.63) is 35.4 Å². The zero-order valence-electron chi connectivity index (χ0n) is 15.5. The van der Waals surface area contributed by atoms with E-state index in [4.69, 9.17) is 0 Å². The second kappa shape index (κ2) is 9.26. The van der Waals surface area contributed by atoms with E-state index in [-0.39, 0.29) is 36.9 Å². The van der Waals surface area contributed by atoms with Crippen LogP contribution in [-0.4, -0.2) is 47.8 Å². The zero-order valence-corrected chi connectivity index (χ0v) is 15.5. The molecule has 2 N–H and O–H groups in total. The topological polar surface area (TPSA) is 78.5 Å². The van der Waals surface area contributed by atoms with Crippen LogP contribution in [0.5, 0.6) is 0 Å². The summed E-state index contributed by atoms with van der Waals surface area (Å²) in [6.45, 7) is 7.51. The summed E-state index contributed by atoms with van der Waals surface area (Å²) >= 11 is 0. The van der Waals surface area contributed by atoms with Crippen molar-refractivity contribution < 1.29 is 23.2 Å². The van der Waals surface area contributed by atoms with E-state index in [0.29, 0.717) is 12.6 Å². The SMILES string of the molecule is CCN(CC(=O)NC(C)(C)C)C(=O)CCNC(=O)c1ccc(F)cc1F. The number of halogens is 2. The molecule has 0 aliphatic rings. The fourth-order valence-electron chi connectivity index (χ4n) is 2.22. The molecule has 26 heavy (non-hydrogen) atoms. The molecule has 0 aliphatic heterocycles. The minimum Gasteiger partial charge on any atom is -0.351 e. The van der Waals surface area contributed by atoms with Gasteiger partial charge in [0.1, 0.15) is 11.6 Å². The summed E-state index contributed by atoms with van der Waals surface area (Å²) in [6, 6.07) is 2.64. The van der Waals surface area contributed by atoms with Crippen LogP contribution in [0.25, 0.3) is 0 Å². The maximum Gasteiger partial charge on any atom is 0.254 e. The van der Waals surface area contributed by atoms with Crippen LogP contribution < -0.4 is 10.6 Å². The molecule has 1 rings (SSSR count). The van der Waals surface area contributed by atoms with Crippen LogP contribution in [0.4, 0.5) is 8.78 Å². The van der Waals surface area contributed by atoms with Crippen molar-refractivity contribution in [2.24, 2.45) is 0 Å². The molecule has 0 aliphatic carbocycles. The van der Waals surface area contributed by atoms with Gasteiger partial charge in [0, 0.05) is 31.1 Å². The molecule has 144 valence electrons. The van der Waals surface area contributed by atoms with E-state index in [1.165, 1.54) is 4.90 Å². The summed E-state index contributed by atoms with van der Waals surface area (Å²) in [5.41, 5.74) is -0.692. The fraction of sp³-hybridized carbons (Fsp3) is 0.500. The van der Waals surface area contributed by atoms with Crippen LogP contribution in [0.3, 0.4) is 0 Å². The van der Waals surface area contributed by atoms with Gasteiger partial charge >= 0.3 is 0 Å². The lowest BCUT2D eigenvalue weighted by Gasteiger charge is -2.25. The quantitative estimate of drug-likeness (QED) is 0.770. The van der Waals surface area contributed by atoms with Gasteiger partial charge in [-0.1, -0.05) is 0 Å². The maximum absolute atomic E-state index is 13.5. The van der Waals surface area contributed by atoms with Crippen LogP contribution in [0.2, 0.25) is 0 Å². The van der Waals surface area contributed by atoms with Crippen molar-refractivity contribution in [3.63, 3.8) is 0 Å². The van der Waals surface area contributed by atoms with Crippen LogP contribution in [0, 0.1) is 11.6 Å². The minimum absolute atomic E-state index is 0.0220. The Morgan fingerprint density at radius 1 is 1.15 bits per heavy atom. The number of amides is 3. The standard InChI is InChI=1S/C18H25F2N3O3/c1-5-23(11-15(24)22-18(2,3)4)16(25)8-9-21-17(26)13-7-6-12(19)10-14(13)20/h6-7,10H,5,8-9,11H2,1-4H3,(H,21,26)(H,22,24). The van der Waals surface area contributed by atoms with E-state index in [9.17, 15) is 23.2 Å². The van der Waals surface area contributed by atoms with E-state index in [1.54, 1.807) is 6.92 Å². The van der Waals surface area contributed by atoms with Crippen LogP contribution in [-0.2, 0) is 9.59 Å². The molecule has 0 atom stereocenters. The van der Waals surface area contributed by atoms with Gasteiger partial charge < -0.3 is 15.5 Å². The normalized spacial score (nSPS) is 11.0. The smallest absolute Gasteiger partial charge is 0.254 e. The van der Waals surface area contributed by atoms with Gasteiger partial charge in [-0.25, -0.2) is 8.78 Å². The highest BCUT2D eigenvalue weighted by molar-refractivity contribution is 5.94. The molecule has 1 aromatic carbocycles. The first kappa shape index (κ1) is 21.5. The zero-order chi connectivity index (χ0) is 19.9. The summed E-state index contributed by atoms with van der Waals surface area (Å²) in [4.78, 5) is 37.3. The molecule has 0 aromatic heterocycles. The van der Waals surface area contributed by atoms with Crippen LogP contribution in [0.15, 0.2) is 18.2 Å². The van der Waals surface area contributed by atoms with E-state index in [1.807, 2.05) is 20.8 Å². The highest BCUT2D eigenvalue weighted by Gasteiger charge is 2.19. The molecule has 0 spiro atoms. The second-order valence-electron chi connectivity index (χ2n) is 6.84. The lowest BCUT2D eigenvalue weighted by molar-refractivity contribution is -0.136. The molecule has 0 radical (unpaired) electrons. The first-order valence-electron chi connectivity index (χ1n) is 8.35. The summed E-state index contributed by atoms with van der Waals surface area (Å²) < 4.78 is 26.4. The Kier molecular flexibility index (Phi) is 7.67. The third kappa shape index (κ3) is 7.16. The summed E-state index contributed by atoms with van der Waals surface area (Å²) in [5, 5.41) is 5.18. The number of nitrogens with one attached hydrogen (secondary N) is 2. The number of hydrogen-bond donors (Lipinski definition) is 2. The highest BCUT2D eigenvalue weighted by Crippen LogP contribution is 2.09. The molecule has 6 nitrogen and oxygen atoms in total. The first-order valence-corrected chi connectivity index (χ1v) is 8.35. The average Bonchev–Trinajstić information content (AvgIpc) is 2.50. The predicted molar refractivity (Wildman–Crippen MR) is 93.5 cm³/mol. The van der Waals surface area contributed by atoms with Crippen molar-refractivity contribution in [2.45, 2.75) is 39.7 Å². The number of benzene rings is 1. The maximum atomic E-state index is 13.5.